The Hall–Kier alpha value is -1.83. The second-order valence-corrected chi connectivity index (χ2v) is 5.53. The van der Waals surface area contributed by atoms with Crippen LogP contribution in [0.15, 0.2) is 40.8 Å². The molecule has 1 aliphatic carbocycles. The van der Waals surface area contributed by atoms with Crippen LogP contribution in [0, 0.1) is 0 Å². The molecule has 1 aromatic heterocycles. The second-order valence-electron chi connectivity index (χ2n) is 5.53. The van der Waals surface area contributed by atoms with Crippen LogP contribution in [0.5, 0.6) is 0 Å². The monoisotopic (exact) mass is 268 g/mol. The molecule has 1 unspecified atom stereocenters. The Bertz CT molecular complexity index is 609. The Balaban J connectivity index is 1.77. The molecular formula is C18H20O2. The SMILES string of the molecule is CCc1ccc(C(=O)CC2CCCc3ccccc32)o1. The van der Waals surface area contributed by atoms with E-state index >= 15 is 0 Å². The van der Waals surface area contributed by atoms with E-state index in [0.29, 0.717) is 18.1 Å². The van der Waals surface area contributed by atoms with Crippen LogP contribution < -0.4 is 0 Å². The van der Waals surface area contributed by atoms with Gasteiger partial charge in [-0.3, -0.25) is 4.79 Å². The van der Waals surface area contributed by atoms with Crippen molar-refractivity contribution in [2.75, 3.05) is 0 Å². The summed E-state index contributed by atoms with van der Waals surface area (Å²) >= 11 is 0. The molecule has 0 saturated heterocycles. The van der Waals surface area contributed by atoms with E-state index in [-0.39, 0.29) is 5.78 Å². The smallest absolute Gasteiger partial charge is 0.198 e. The number of hydrogen-bond donors (Lipinski definition) is 0. The van der Waals surface area contributed by atoms with Gasteiger partial charge < -0.3 is 4.42 Å². The highest BCUT2D eigenvalue weighted by molar-refractivity contribution is 5.94. The first kappa shape index (κ1) is 13.2. The molecule has 0 saturated carbocycles. The maximum Gasteiger partial charge on any atom is 0.198 e. The number of aryl methyl sites for hydroxylation is 2. The van der Waals surface area contributed by atoms with Gasteiger partial charge in [-0.1, -0.05) is 31.2 Å². The fourth-order valence-corrected chi connectivity index (χ4v) is 3.11. The molecular weight excluding hydrogens is 248 g/mol. The molecule has 3 rings (SSSR count). The zero-order valence-electron chi connectivity index (χ0n) is 11.9. The van der Waals surface area contributed by atoms with E-state index in [0.717, 1.165) is 25.0 Å². The average molecular weight is 268 g/mol. The predicted octanol–water partition coefficient (Wildman–Crippen LogP) is 4.53. The predicted molar refractivity (Wildman–Crippen MR) is 79.2 cm³/mol. The van der Waals surface area contributed by atoms with Crippen LogP contribution in [0.2, 0.25) is 0 Å². The molecule has 0 radical (unpaired) electrons. The van der Waals surface area contributed by atoms with Crippen molar-refractivity contribution in [1.82, 2.24) is 0 Å². The highest BCUT2D eigenvalue weighted by Gasteiger charge is 2.23. The van der Waals surface area contributed by atoms with Gasteiger partial charge >= 0.3 is 0 Å². The number of carbonyl (C=O) groups excluding carboxylic acids is 1. The van der Waals surface area contributed by atoms with Crippen LogP contribution in [0.3, 0.4) is 0 Å². The Labute approximate surface area is 119 Å². The summed E-state index contributed by atoms with van der Waals surface area (Å²) in [6.45, 7) is 2.03. The molecule has 1 aromatic carbocycles. The number of rotatable bonds is 4. The van der Waals surface area contributed by atoms with Crippen LogP contribution in [-0.4, -0.2) is 5.78 Å². The third-order valence-electron chi connectivity index (χ3n) is 4.21. The number of Topliss-reactive ketones (excluding diaryl/α,β-unsaturated/α-hetero) is 1. The Kier molecular flexibility index (Phi) is 3.72. The van der Waals surface area contributed by atoms with Gasteiger partial charge in [0.15, 0.2) is 11.5 Å². The van der Waals surface area contributed by atoms with Gasteiger partial charge in [-0.25, -0.2) is 0 Å². The summed E-state index contributed by atoms with van der Waals surface area (Å²) in [6.07, 6.45) is 4.81. The second kappa shape index (κ2) is 5.66. The molecule has 104 valence electrons. The van der Waals surface area contributed by atoms with Crippen molar-refractivity contribution in [3.05, 3.63) is 59.0 Å². The number of carbonyl (C=O) groups is 1. The molecule has 2 heteroatoms. The van der Waals surface area contributed by atoms with Crippen molar-refractivity contribution in [1.29, 1.82) is 0 Å². The van der Waals surface area contributed by atoms with E-state index < -0.39 is 0 Å². The molecule has 1 aliphatic rings. The lowest BCUT2D eigenvalue weighted by Gasteiger charge is -2.24. The zero-order valence-corrected chi connectivity index (χ0v) is 11.9. The van der Waals surface area contributed by atoms with Crippen molar-refractivity contribution < 1.29 is 9.21 Å². The molecule has 1 atom stereocenters. The molecule has 0 amide bonds. The summed E-state index contributed by atoms with van der Waals surface area (Å²) in [7, 11) is 0. The van der Waals surface area contributed by atoms with Crippen LogP contribution in [-0.2, 0) is 12.8 Å². The lowest BCUT2D eigenvalue weighted by Crippen LogP contribution is -2.13. The van der Waals surface area contributed by atoms with Gasteiger partial charge in [-0.15, -0.1) is 0 Å². The molecule has 0 bridgehead atoms. The summed E-state index contributed by atoms with van der Waals surface area (Å²) in [5.41, 5.74) is 2.76. The van der Waals surface area contributed by atoms with Gasteiger partial charge in [-0.2, -0.15) is 0 Å². The Morgan fingerprint density at radius 2 is 2.10 bits per heavy atom. The van der Waals surface area contributed by atoms with E-state index in [4.69, 9.17) is 4.42 Å². The number of fused-ring (bicyclic) bond motifs is 1. The molecule has 0 fully saturated rings. The summed E-state index contributed by atoms with van der Waals surface area (Å²) in [5, 5.41) is 0. The quantitative estimate of drug-likeness (QED) is 0.762. The Morgan fingerprint density at radius 3 is 2.90 bits per heavy atom. The van der Waals surface area contributed by atoms with E-state index in [1.165, 1.54) is 17.5 Å². The Morgan fingerprint density at radius 1 is 1.25 bits per heavy atom. The highest BCUT2D eigenvalue weighted by Crippen LogP contribution is 2.34. The van der Waals surface area contributed by atoms with Gasteiger partial charge in [0, 0.05) is 12.8 Å². The third-order valence-corrected chi connectivity index (χ3v) is 4.21. The molecule has 20 heavy (non-hydrogen) atoms. The zero-order chi connectivity index (χ0) is 13.9. The molecule has 0 aliphatic heterocycles. The fraction of sp³-hybridized carbons (Fsp3) is 0.389. The minimum atomic E-state index is 0.131. The van der Waals surface area contributed by atoms with Crippen molar-refractivity contribution >= 4 is 5.78 Å². The summed E-state index contributed by atoms with van der Waals surface area (Å²) < 4.78 is 5.57. The van der Waals surface area contributed by atoms with E-state index in [1.54, 1.807) is 0 Å². The maximum absolute atomic E-state index is 12.4. The number of ketones is 1. The minimum absolute atomic E-state index is 0.131. The topological polar surface area (TPSA) is 30.2 Å². The summed E-state index contributed by atoms with van der Waals surface area (Å²) in [6, 6.07) is 12.2. The number of benzene rings is 1. The first-order valence-electron chi connectivity index (χ1n) is 7.47. The lowest BCUT2D eigenvalue weighted by molar-refractivity contribution is 0.0942. The molecule has 2 nitrogen and oxygen atoms in total. The van der Waals surface area contributed by atoms with Crippen LogP contribution in [0.4, 0.5) is 0 Å². The van der Waals surface area contributed by atoms with Crippen LogP contribution in [0.25, 0.3) is 0 Å². The van der Waals surface area contributed by atoms with Crippen LogP contribution >= 0.6 is 0 Å². The molecule has 0 spiro atoms. The van der Waals surface area contributed by atoms with Crippen LogP contribution in [0.1, 0.15) is 59.5 Å². The van der Waals surface area contributed by atoms with E-state index in [2.05, 4.69) is 24.3 Å². The van der Waals surface area contributed by atoms with Gasteiger partial charge in [0.25, 0.3) is 0 Å². The number of hydrogen-bond acceptors (Lipinski definition) is 2. The van der Waals surface area contributed by atoms with Gasteiger partial charge in [-0.05, 0) is 48.4 Å². The first-order valence-corrected chi connectivity index (χ1v) is 7.47. The largest absolute Gasteiger partial charge is 0.458 e. The van der Waals surface area contributed by atoms with Crippen molar-refractivity contribution in [2.45, 2.75) is 44.9 Å². The third kappa shape index (κ3) is 2.55. The van der Waals surface area contributed by atoms with E-state index in [9.17, 15) is 4.79 Å². The van der Waals surface area contributed by atoms with Gasteiger partial charge in [0.1, 0.15) is 5.76 Å². The van der Waals surface area contributed by atoms with Crippen molar-refractivity contribution in [3.8, 4) is 0 Å². The normalized spacial score (nSPS) is 17.8. The molecule has 0 N–H and O–H groups in total. The highest BCUT2D eigenvalue weighted by atomic mass is 16.3. The van der Waals surface area contributed by atoms with Gasteiger partial charge in [0.2, 0.25) is 0 Å². The fourth-order valence-electron chi connectivity index (χ4n) is 3.11. The van der Waals surface area contributed by atoms with Gasteiger partial charge in [0.05, 0.1) is 0 Å². The average Bonchev–Trinajstić information content (AvgIpc) is 2.97. The minimum Gasteiger partial charge on any atom is -0.458 e. The maximum atomic E-state index is 12.4. The summed E-state index contributed by atoms with van der Waals surface area (Å²) in [4.78, 5) is 12.4. The molecule has 2 aromatic rings. The lowest BCUT2D eigenvalue weighted by atomic mass is 9.80. The molecule has 1 heterocycles. The number of furan rings is 1. The summed E-state index contributed by atoms with van der Waals surface area (Å²) in [5.74, 6) is 1.89. The first-order chi connectivity index (χ1) is 9.78. The van der Waals surface area contributed by atoms with E-state index in [1.807, 2.05) is 19.1 Å². The van der Waals surface area contributed by atoms with Crippen molar-refractivity contribution in [3.63, 3.8) is 0 Å². The van der Waals surface area contributed by atoms with Crippen molar-refractivity contribution in [2.24, 2.45) is 0 Å². The standard InChI is InChI=1S/C18H20O2/c1-2-15-10-11-18(20-15)17(19)12-14-8-5-7-13-6-3-4-9-16(13)14/h3-4,6,9-11,14H,2,5,7-8,12H2,1H3.